The molecule has 1 aliphatic heterocycles. The van der Waals surface area contributed by atoms with Gasteiger partial charge in [-0.25, -0.2) is 0 Å². The van der Waals surface area contributed by atoms with Crippen molar-refractivity contribution in [2.75, 3.05) is 6.54 Å². The summed E-state index contributed by atoms with van der Waals surface area (Å²) in [6.07, 6.45) is 1.33. The van der Waals surface area contributed by atoms with E-state index in [4.69, 9.17) is 15.1 Å². The summed E-state index contributed by atoms with van der Waals surface area (Å²) in [5, 5.41) is 18.1. The molecule has 3 N–H and O–H groups in total. The largest absolute Gasteiger partial charge is 0.480 e. The number of nitrogens with zero attached hydrogens (tertiary/aromatic N) is 1. The van der Waals surface area contributed by atoms with Gasteiger partial charge in [-0.15, -0.1) is 0 Å². The van der Waals surface area contributed by atoms with E-state index < -0.39 is 12.0 Å². The summed E-state index contributed by atoms with van der Waals surface area (Å²) in [5.41, 5.74) is 0. The first kappa shape index (κ1) is 10.6. The van der Waals surface area contributed by atoms with Gasteiger partial charge in [0.25, 0.3) is 0 Å². The highest BCUT2D eigenvalue weighted by atomic mass is 28.2. The Labute approximate surface area is 67.8 Å². The molecule has 5 nitrogen and oxygen atoms in total. The SMILES string of the molecule is O=C(O)C1CCCN1O.O[SiH3]. The molecule has 1 aliphatic rings. The van der Waals surface area contributed by atoms with Crippen molar-refractivity contribution in [1.82, 2.24) is 5.06 Å². The second kappa shape index (κ2) is 5.25. The maximum atomic E-state index is 10.2. The molecule has 0 bridgehead atoms. The van der Waals surface area contributed by atoms with E-state index in [1.165, 1.54) is 0 Å². The van der Waals surface area contributed by atoms with Gasteiger partial charge in [0.2, 0.25) is 0 Å². The van der Waals surface area contributed by atoms with E-state index in [0.717, 1.165) is 11.5 Å². The molecule has 0 radical (unpaired) electrons. The first-order valence-electron chi connectivity index (χ1n) is 3.35. The molecule has 11 heavy (non-hydrogen) atoms. The van der Waals surface area contributed by atoms with Crippen molar-refractivity contribution >= 4 is 16.5 Å². The third-order valence-corrected chi connectivity index (χ3v) is 1.51. The molecule has 0 saturated carbocycles. The smallest absolute Gasteiger partial charge is 0.323 e. The maximum absolute atomic E-state index is 10.2. The molecule has 1 heterocycles. The van der Waals surface area contributed by atoms with Crippen LogP contribution in [0, 0.1) is 0 Å². The monoisotopic (exact) mass is 179 g/mol. The Kier molecular flexibility index (Phi) is 5.04. The average molecular weight is 179 g/mol. The van der Waals surface area contributed by atoms with Gasteiger partial charge in [0.05, 0.1) is 0 Å². The maximum Gasteiger partial charge on any atom is 0.323 e. The van der Waals surface area contributed by atoms with Crippen LogP contribution < -0.4 is 0 Å². The second-order valence-electron chi connectivity index (χ2n) is 2.16. The normalized spacial score (nSPS) is 24.4. The first-order valence-corrected chi connectivity index (χ1v) is 4.24. The molecule has 1 fully saturated rings. The molecule has 0 aromatic heterocycles. The molecular formula is C5H13NO4Si. The quantitative estimate of drug-likeness (QED) is 0.413. The molecule has 0 aliphatic carbocycles. The summed E-state index contributed by atoms with van der Waals surface area (Å²) in [6, 6.07) is -0.662. The van der Waals surface area contributed by atoms with E-state index in [1.54, 1.807) is 0 Å². The molecule has 1 saturated heterocycles. The van der Waals surface area contributed by atoms with Gasteiger partial charge >= 0.3 is 5.97 Å². The lowest BCUT2D eigenvalue weighted by atomic mass is 10.2. The van der Waals surface area contributed by atoms with Crippen LogP contribution in [0.4, 0.5) is 0 Å². The van der Waals surface area contributed by atoms with Gasteiger partial charge in [-0.05, 0) is 12.8 Å². The summed E-state index contributed by atoms with van der Waals surface area (Å²) in [5.74, 6) is -0.935. The fraction of sp³-hybridized carbons (Fsp3) is 0.800. The number of hydrogen-bond acceptors (Lipinski definition) is 4. The third kappa shape index (κ3) is 2.98. The zero-order valence-corrected chi connectivity index (χ0v) is 8.40. The molecule has 66 valence electrons. The lowest BCUT2D eigenvalue weighted by Gasteiger charge is -2.11. The fourth-order valence-electron chi connectivity index (χ4n) is 1.00. The summed E-state index contributed by atoms with van der Waals surface area (Å²) in [7, 11) is 0.306. The van der Waals surface area contributed by atoms with Crippen LogP contribution in [0.25, 0.3) is 0 Å². The Morgan fingerprint density at radius 1 is 1.55 bits per heavy atom. The first-order chi connectivity index (χ1) is 5.22. The Morgan fingerprint density at radius 2 is 2.09 bits per heavy atom. The number of carboxylic acid groups (broad SMARTS) is 1. The molecule has 1 atom stereocenters. The number of hydroxylamine groups is 2. The Hall–Kier alpha value is -0.433. The molecule has 0 spiro atoms. The predicted molar refractivity (Wildman–Crippen MR) is 41.3 cm³/mol. The highest BCUT2D eigenvalue weighted by Gasteiger charge is 2.28. The molecule has 0 amide bonds. The van der Waals surface area contributed by atoms with Crippen molar-refractivity contribution in [3.8, 4) is 0 Å². The molecular weight excluding hydrogens is 166 g/mol. The van der Waals surface area contributed by atoms with Crippen molar-refractivity contribution < 1.29 is 19.9 Å². The van der Waals surface area contributed by atoms with Crippen molar-refractivity contribution in [3.63, 3.8) is 0 Å². The molecule has 1 rings (SSSR count). The third-order valence-electron chi connectivity index (χ3n) is 1.51. The number of rotatable bonds is 1. The summed E-state index contributed by atoms with van der Waals surface area (Å²) >= 11 is 0. The van der Waals surface area contributed by atoms with E-state index in [0.29, 0.717) is 23.5 Å². The molecule has 0 aromatic rings. The van der Waals surface area contributed by atoms with Crippen LogP contribution in [0.3, 0.4) is 0 Å². The zero-order valence-electron chi connectivity index (χ0n) is 6.40. The number of aliphatic carboxylic acids is 1. The highest BCUT2D eigenvalue weighted by molar-refractivity contribution is 5.95. The molecule has 0 aromatic carbocycles. The highest BCUT2D eigenvalue weighted by Crippen LogP contribution is 2.13. The fourth-order valence-corrected chi connectivity index (χ4v) is 1.00. The van der Waals surface area contributed by atoms with Crippen molar-refractivity contribution in [2.24, 2.45) is 0 Å². The van der Waals surface area contributed by atoms with Crippen molar-refractivity contribution in [3.05, 3.63) is 0 Å². The van der Waals surface area contributed by atoms with Gasteiger partial charge in [-0.3, -0.25) is 4.79 Å². The van der Waals surface area contributed by atoms with Crippen LogP contribution in [0.1, 0.15) is 12.8 Å². The number of carboxylic acids is 1. The van der Waals surface area contributed by atoms with Gasteiger partial charge in [0.15, 0.2) is 0 Å². The second-order valence-corrected chi connectivity index (χ2v) is 2.16. The Balaban J connectivity index is 0.000000461. The predicted octanol–water partition coefficient (Wildman–Crippen LogP) is -1.82. The molecule has 6 heteroatoms. The van der Waals surface area contributed by atoms with Crippen LogP contribution >= 0.6 is 0 Å². The minimum absolute atomic E-state index is 0.306. The van der Waals surface area contributed by atoms with E-state index in [1.807, 2.05) is 0 Å². The van der Waals surface area contributed by atoms with Gasteiger partial charge < -0.3 is 15.1 Å². The summed E-state index contributed by atoms with van der Waals surface area (Å²) in [6.45, 7) is 0.483. The minimum Gasteiger partial charge on any atom is -0.480 e. The number of carbonyl (C=O) groups is 1. The van der Waals surface area contributed by atoms with Crippen LogP contribution in [-0.2, 0) is 4.79 Å². The topological polar surface area (TPSA) is 81.0 Å². The summed E-state index contributed by atoms with van der Waals surface area (Å²) in [4.78, 5) is 17.3. The van der Waals surface area contributed by atoms with E-state index in [2.05, 4.69) is 0 Å². The van der Waals surface area contributed by atoms with Gasteiger partial charge in [-0.2, -0.15) is 5.06 Å². The van der Waals surface area contributed by atoms with Crippen LogP contribution in [-0.4, -0.2) is 49.2 Å². The van der Waals surface area contributed by atoms with Gasteiger partial charge in [0, 0.05) is 6.54 Å². The van der Waals surface area contributed by atoms with E-state index in [9.17, 15) is 4.79 Å². The van der Waals surface area contributed by atoms with Crippen molar-refractivity contribution in [1.29, 1.82) is 0 Å². The van der Waals surface area contributed by atoms with Gasteiger partial charge in [0.1, 0.15) is 16.5 Å². The van der Waals surface area contributed by atoms with E-state index >= 15 is 0 Å². The molecule has 1 unspecified atom stereocenters. The van der Waals surface area contributed by atoms with E-state index in [-0.39, 0.29) is 0 Å². The Morgan fingerprint density at radius 3 is 2.27 bits per heavy atom. The van der Waals surface area contributed by atoms with Gasteiger partial charge in [-0.1, -0.05) is 0 Å². The Bertz CT molecular complexity index is 132. The van der Waals surface area contributed by atoms with Crippen LogP contribution in [0.15, 0.2) is 0 Å². The summed E-state index contributed by atoms with van der Waals surface area (Å²) < 4.78 is 0. The minimum atomic E-state index is -0.935. The average Bonchev–Trinajstić information content (AvgIpc) is 2.39. The lowest BCUT2D eigenvalue weighted by molar-refractivity contribution is -0.160. The number of hydrogen-bond donors (Lipinski definition) is 3. The van der Waals surface area contributed by atoms with Crippen LogP contribution in [0.2, 0.25) is 0 Å². The van der Waals surface area contributed by atoms with Crippen LogP contribution in [0.5, 0.6) is 0 Å². The lowest BCUT2D eigenvalue weighted by Crippen LogP contribution is -2.32. The zero-order chi connectivity index (χ0) is 8.85. The van der Waals surface area contributed by atoms with Crippen molar-refractivity contribution in [2.45, 2.75) is 18.9 Å². The standard InChI is InChI=1S/C5H9NO3.H4OSi/c7-5(8)4-2-1-3-6(4)9;1-2/h4,9H,1-3H2,(H,7,8);1H,2H3.